The fraction of sp³-hybridized carbons (Fsp3) is 0.875. The van der Waals surface area contributed by atoms with E-state index in [4.69, 9.17) is 10.8 Å². The number of hydrogen-bond acceptors (Lipinski definition) is 3. The molecule has 0 radical (unpaired) electrons. The van der Waals surface area contributed by atoms with Crippen molar-refractivity contribution in [3.05, 3.63) is 0 Å². The van der Waals surface area contributed by atoms with E-state index in [1.165, 1.54) is 4.90 Å². The summed E-state index contributed by atoms with van der Waals surface area (Å²) in [6.45, 7) is 4.12. The van der Waals surface area contributed by atoms with Gasteiger partial charge in [0, 0.05) is 13.6 Å². The van der Waals surface area contributed by atoms with Crippen molar-refractivity contribution >= 4 is 5.91 Å². The Morgan fingerprint density at radius 1 is 1.58 bits per heavy atom. The molecule has 0 aliphatic rings. The molecule has 3 N–H and O–H groups in total. The van der Waals surface area contributed by atoms with Crippen molar-refractivity contribution < 1.29 is 9.90 Å². The topological polar surface area (TPSA) is 66.6 Å². The normalized spacial score (nSPS) is 13.2. The van der Waals surface area contributed by atoms with E-state index >= 15 is 0 Å². The molecule has 0 rings (SSSR count). The van der Waals surface area contributed by atoms with Crippen molar-refractivity contribution in [1.82, 2.24) is 4.90 Å². The largest absolute Gasteiger partial charge is 0.395 e. The smallest absolute Gasteiger partial charge is 0.239 e. The van der Waals surface area contributed by atoms with Crippen molar-refractivity contribution in [1.29, 1.82) is 0 Å². The summed E-state index contributed by atoms with van der Waals surface area (Å²) in [5, 5.41) is 8.57. The second-order valence-electron chi connectivity index (χ2n) is 3.25. The fourth-order valence-electron chi connectivity index (χ4n) is 0.800. The van der Waals surface area contributed by atoms with Crippen LogP contribution in [0.5, 0.6) is 0 Å². The summed E-state index contributed by atoms with van der Waals surface area (Å²) in [6, 6.07) is -0.457. The predicted octanol–water partition coefficient (Wildman–Crippen LogP) is -0.580. The maximum absolute atomic E-state index is 11.4. The number of likely N-dealkylation sites (N-methyl/N-ethyl adjacent to an activating group) is 1. The molecule has 72 valence electrons. The summed E-state index contributed by atoms with van der Waals surface area (Å²) in [4.78, 5) is 12.8. The molecular formula is C8H18N2O2. The number of amides is 1. The van der Waals surface area contributed by atoms with Gasteiger partial charge in [-0.3, -0.25) is 4.79 Å². The van der Waals surface area contributed by atoms with Gasteiger partial charge < -0.3 is 15.7 Å². The molecule has 0 aromatic carbocycles. The first-order chi connectivity index (χ1) is 5.50. The van der Waals surface area contributed by atoms with Gasteiger partial charge in [-0.1, -0.05) is 13.8 Å². The van der Waals surface area contributed by atoms with Crippen LogP contribution in [-0.2, 0) is 4.79 Å². The molecule has 4 nitrogen and oxygen atoms in total. The van der Waals surface area contributed by atoms with Gasteiger partial charge in [0.2, 0.25) is 5.91 Å². The van der Waals surface area contributed by atoms with Gasteiger partial charge in [0.1, 0.15) is 0 Å². The van der Waals surface area contributed by atoms with Gasteiger partial charge in [-0.25, -0.2) is 0 Å². The van der Waals surface area contributed by atoms with E-state index in [-0.39, 0.29) is 18.4 Å². The van der Waals surface area contributed by atoms with E-state index in [1.807, 2.05) is 13.8 Å². The maximum atomic E-state index is 11.4. The molecule has 0 bridgehead atoms. The van der Waals surface area contributed by atoms with Gasteiger partial charge in [0.15, 0.2) is 0 Å². The number of nitrogens with two attached hydrogens (primary N) is 1. The Kier molecular flexibility index (Phi) is 4.85. The molecule has 0 aliphatic carbocycles. The van der Waals surface area contributed by atoms with Crippen LogP contribution in [0.2, 0.25) is 0 Å². The third-order valence-electron chi connectivity index (χ3n) is 1.82. The molecule has 1 atom stereocenters. The van der Waals surface area contributed by atoms with Crippen LogP contribution in [0.4, 0.5) is 0 Å². The van der Waals surface area contributed by atoms with Crippen molar-refractivity contribution in [2.45, 2.75) is 19.9 Å². The van der Waals surface area contributed by atoms with Gasteiger partial charge in [-0.15, -0.1) is 0 Å². The minimum atomic E-state index is -0.457. The molecule has 0 aromatic rings. The lowest BCUT2D eigenvalue weighted by atomic mass is 10.0. The Bertz CT molecular complexity index is 148. The fourth-order valence-corrected chi connectivity index (χ4v) is 0.800. The van der Waals surface area contributed by atoms with Crippen LogP contribution in [0.1, 0.15) is 13.8 Å². The summed E-state index contributed by atoms with van der Waals surface area (Å²) in [6.07, 6.45) is 0. The summed E-state index contributed by atoms with van der Waals surface area (Å²) < 4.78 is 0. The summed E-state index contributed by atoms with van der Waals surface area (Å²) >= 11 is 0. The van der Waals surface area contributed by atoms with Crippen LogP contribution < -0.4 is 5.73 Å². The predicted molar refractivity (Wildman–Crippen MR) is 47.5 cm³/mol. The highest BCUT2D eigenvalue weighted by Gasteiger charge is 2.20. The molecule has 0 saturated carbocycles. The second-order valence-corrected chi connectivity index (χ2v) is 3.25. The Morgan fingerprint density at radius 3 is 2.42 bits per heavy atom. The van der Waals surface area contributed by atoms with Crippen LogP contribution >= 0.6 is 0 Å². The zero-order chi connectivity index (χ0) is 9.72. The van der Waals surface area contributed by atoms with E-state index in [0.717, 1.165) is 0 Å². The molecular weight excluding hydrogens is 156 g/mol. The molecule has 0 saturated heterocycles. The van der Waals surface area contributed by atoms with Gasteiger partial charge in [-0.2, -0.15) is 0 Å². The zero-order valence-electron chi connectivity index (χ0n) is 7.95. The number of carbonyl (C=O) groups is 1. The number of nitrogens with zero attached hydrogens (tertiary/aromatic N) is 1. The first kappa shape index (κ1) is 11.4. The standard InChI is InChI=1S/C8H18N2O2/c1-6(2)7(9)8(12)10(3)4-5-11/h6-7,11H,4-5,9H2,1-3H3. The van der Waals surface area contributed by atoms with Crippen molar-refractivity contribution in [3.8, 4) is 0 Å². The molecule has 1 amide bonds. The summed E-state index contributed by atoms with van der Waals surface area (Å²) in [5.41, 5.74) is 5.62. The number of aliphatic hydroxyl groups excluding tert-OH is 1. The van der Waals surface area contributed by atoms with Gasteiger partial charge in [0.05, 0.1) is 12.6 Å². The Hall–Kier alpha value is -0.610. The van der Waals surface area contributed by atoms with Gasteiger partial charge in [0.25, 0.3) is 0 Å². The molecule has 0 fully saturated rings. The zero-order valence-corrected chi connectivity index (χ0v) is 7.95. The lowest BCUT2D eigenvalue weighted by Gasteiger charge is -2.22. The van der Waals surface area contributed by atoms with E-state index < -0.39 is 6.04 Å². The highest BCUT2D eigenvalue weighted by atomic mass is 16.3. The van der Waals surface area contributed by atoms with E-state index in [0.29, 0.717) is 6.54 Å². The van der Waals surface area contributed by atoms with E-state index in [1.54, 1.807) is 7.05 Å². The van der Waals surface area contributed by atoms with Crippen LogP contribution in [-0.4, -0.2) is 42.2 Å². The third kappa shape index (κ3) is 3.19. The number of carbonyl (C=O) groups excluding carboxylic acids is 1. The average molecular weight is 174 g/mol. The third-order valence-corrected chi connectivity index (χ3v) is 1.82. The molecule has 12 heavy (non-hydrogen) atoms. The van der Waals surface area contributed by atoms with Crippen molar-refractivity contribution in [3.63, 3.8) is 0 Å². The molecule has 0 aliphatic heterocycles. The molecule has 1 unspecified atom stereocenters. The second kappa shape index (κ2) is 5.11. The lowest BCUT2D eigenvalue weighted by molar-refractivity contribution is -0.132. The molecule has 4 heteroatoms. The van der Waals surface area contributed by atoms with Crippen LogP contribution in [0.25, 0.3) is 0 Å². The Balaban J connectivity index is 4.00. The maximum Gasteiger partial charge on any atom is 0.239 e. The number of aliphatic hydroxyl groups is 1. The SMILES string of the molecule is CC(C)C(N)C(=O)N(C)CCO. The van der Waals surface area contributed by atoms with Gasteiger partial charge in [-0.05, 0) is 5.92 Å². The monoisotopic (exact) mass is 174 g/mol. The Morgan fingerprint density at radius 2 is 2.08 bits per heavy atom. The number of hydrogen-bond donors (Lipinski definition) is 2. The van der Waals surface area contributed by atoms with E-state index in [9.17, 15) is 4.79 Å². The van der Waals surface area contributed by atoms with Crippen LogP contribution in [0.3, 0.4) is 0 Å². The summed E-state index contributed by atoms with van der Waals surface area (Å²) in [7, 11) is 1.64. The first-order valence-corrected chi connectivity index (χ1v) is 4.12. The highest BCUT2D eigenvalue weighted by molar-refractivity contribution is 5.81. The molecule has 0 spiro atoms. The number of rotatable bonds is 4. The van der Waals surface area contributed by atoms with Crippen molar-refractivity contribution in [2.24, 2.45) is 11.7 Å². The molecule has 0 aromatic heterocycles. The van der Waals surface area contributed by atoms with Crippen LogP contribution in [0.15, 0.2) is 0 Å². The minimum Gasteiger partial charge on any atom is -0.395 e. The summed E-state index contributed by atoms with van der Waals surface area (Å²) in [5.74, 6) is 0.0256. The minimum absolute atomic E-state index is 0.0208. The average Bonchev–Trinajstić information content (AvgIpc) is 2.02. The van der Waals surface area contributed by atoms with Crippen LogP contribution in [0, 0.1) is 5.92 Å². The lowest BCUT2D eigenvalue weighted by Crippen LogP contribution is -2.45. The Labute approximate surface area is 73.3 Å². The van der Waals surface area contributed by atoms with Gasteiger partial charge >= 0.3 is 0 Å². The first-order valence-electron chi connectivity index (χ1n) is 4.12. The quantitative estimate of drug-likeness (QED) is 0.599. The highest BCUT2D eigenvalue weighted by Crippen LogP contribution is 2.01. The molecule has 0 heterocycles. The van der Waals surface area contributed by atoms with Crippen molar-refractivity contribution in [2.75, 3.05) is 20.2 Å². The van der Waals surface area contributed by atoms with E-state index in [2.05, 4.69) is 0 Å².